The number of esters is 1. The molecule has 1 atom stereocenters. The van der Waals surface area contributed by atoms with Crippen molar-refractivity contribution in [2.45, 2.75) is 12.8 Å². The van der Waals surface area contributed by atoms with E-state index in [1.807, 2.05) is 36.4 Å². The Labute approximate surface area is 141 Å². The summed E-state index contributed by atoms with van der Waals surface area (Å²) in [5.74, 6) is 0.791. The van der Waals surface area contributed by atoms with Gasteiger partial charge in [-0.25, -0.2) is 4.79 Å². The highest BCUT2D eigenvalue weighted by atomic mass is 16.5. The molecule has 0 aliphatic rings. The van der Waals surface area contributed by atoms with Gasteiger partial charge >= 0.3 is 5.97 Å². The van der Waals surface area contributed by atoms with Gasteiger partial charge < -0.3 is 9.47 Å². The third-order valence-electron chi connectivity index (χ3n) is 4.40. The SMILES string of the molecule is COC(=O)c1ccc(C(C)c2ccc3cc(OC)ccc3c2)cc1. The van der Waals surface area contributed by atoms with E-state index >= 15 is 0 Å². The van der Waals surface area contributed by atoms with Gasteiger partial charge in [0.25, 0.3) is 0 Å². The molecule has 0 bridgehead atoms. The van der Waals surface area contributed by atoms with Crippen LogP contribution in [0.25, 0.3) is 10.8 Å². The van der Waals surface area contributed by atoms with Crippen LogP contribution in [0, 0.1) is 0 Å². The standard InChI is InChI=1S/C21H20O3/c1-14(15-4-6-16(7-5-15)21(22)24-3)17-8-9-19-13-20(23-2)11-10-18(19)12-17/h4-14H,1-3H3. The molecule has 3 nitrogen and oxygen atoms in total. The van der Waals surface area contributed by atoms with E-state index in [9.17, 15) is 4.79 Å². The van der Waals surface area contributed by atoms with E-state index in [4.69, 9.17) is 9.47 Å². The summed E-state index contributed by atoms with van der Waals surface area (Å²) in [6, 6.07) is 20.1. The van der Waals surface area contributed by atoms with Crippen LogP contribution in [0.15, 0.2) is 60.7 Å². The summed E-state index contributed by atoms with van der Waals surface area (Å²) >= 11 is 0. The van der Waals surface area contributed by atoms with Crippen LogP contribution in [0.5, 0.6) is 5.75 Å². The molecule has 0 saturated carbocycles. The molecule has 0 spiro atoms. The smallest absolute Gasteiger partial charge is 0.337 e. The molecule has 3 aromatic carbocycles. The topological polar surface area (TPSA) is 35.5 Å². The van der Waals surface area contributed by atoms with Gasteiger partial charge in [0, 0.05) is 5.92 Å². The molecule has 0 heterocycles. The minimum atomic E-state index is -0.311. The largest absolute Gasteiger partial charge is 0.497 e. The van der Waals surface area contributed by atoms with Crippen molar-refractivity contribution in [3.05, 3.63) is 77.4 Å². The molecule has 0 aromatic heterocycles. The predicted molar refractivity (Wildman–Crippen MR) is 95.8 cm³/mol. The highest BCUT2D eigenvalue weighted by Crippen LogP contribution is 2.29. The summed E-state index contributed by atoms with van der Waals surface area (Å²) in [6.45, 7) is 2.16. The summed E-state index contributed by atoms with van der Waals surface area (Å²) in [5.41, 5.74) is 2.97. The number of carbonyl (C=O) groups is 1. The van der Waals surface area contributed by atoms with E-state index < -0.39 is 0 Å². The molecule has 0 aliphatic carbocycles. The Morgan fingerprint density at radius 1 is 0.833 bits per heavy atom. The zero-order valence-corrected chi connectivity index (χ0v) is 14.1. The third-order valence-corrected chi connectivity index (χ3v) is 4.40. The molecule has 0 N–H and O–H groups in total. The van der Waals surface area contributed by atoms with E-state index in [1.54, 1.807) is 7.11 Å². The number of ether oxygens (including phenoxy) is 2. The number of fused-ring (bicyclic) bond motifs is 1. The van der Waals surface area contributed by atoms with Gasteiger partial charge in [-0.2, -0.15) is 0 Å². The van der Waals surface area contributed by atoms with Crippen LogP contribution in [0.2, 0.25) is 0 Å². The van der Waals surface area contributed by atoms with Crippen molar-refractivity contribution in [2.75, 3.05) is 14.2 Å². The third kappa shape index (κ3) is 3.11. The molecule has 0 aliphatic heterocycles. The van der Waals surface area contributed by atoms with E-state index in [0.717, 1.165) is 16.7 Å². The van der Waals surface area contributed by atoms with Crippen LogP contribution in [-0.2, 0) is 4.74 Å². The minimum absolute atomic E-state index is 0.239. The molecule has 0 fully saturated rings. The maximum atomic E-state index is 11.5. The Hall–Kier alpha value is -2.81. The van der Waals surface area contributed by atoms with Gasteiger partial charge in [-0.05, 0) is 46.2 Å². The first-order chi connectivity index (χ1) is 11.6. The molecule has 3 aromatic rings. The Morgan fingerprint density at radius 2 is 1.46 bits per heavy atom. The summed E-state index contributed by atoms with van der Waals surface area (Å²) < 4.78 is 10.0. The highest BCUT2D eigenvalue weighted by Gasteiger charge is 2.11. The number of carbonyl (C=O) groups excluding carboxylic acids is 1. The summed E-state index contributed by atoms with van der Waals surface area (Å²) in [4.78, 5) is 11.5. The van der Waals surface area contributed by atoms with E-state index in [-0.39, 0.29) is 11.9 Å². The fraction of sp³-hybridized carbons (Fsp3) is 0.190. The lowest BCUT2D eigenvalue weighted by Crippen LogP contribution is -2.02. The minimum Gasteiger partial charge on any atom is -0.497 e. The number of hydrogen-bond donors (Lipinski definition) is 0. The second kappa shape index (κ2) is 6.75. The van der Waals surface area contributed by atoms with Gasteiger partial charge in [-0.1, -0.05) is 43.3 Å². The number of hydrogen-bond acceptors (Lipinski definition) is 3. The molecule has 122 valence electrons. The Kier molecular flexibility index (Phi) is 4.52. The molecule has 3 rings (SSSR count). The fourth-order valence-electron chi connectivity index (χ4n) is 2.86. The monoisotopic (exact) mass is 320 g/mol. The number of benzene rings is 3. The van der Waals surface area contributed by atoms with Crippen LogP contribution in [0.3, 0.4) is 0 Å². The highest BCUT2D eigenvalue weighted by molar-refractivity contribution is 5.89. The zero-order chi connectivity index (χ0) is 17.1. The number of rotatable bonds is 4. The average molecular weight is 320 g/mol. The first-order valence-electron chi connectivity index (χ1n) is 7.88. The van der Waals surface area contributed by atoms with Gasteiger partial charge in [-0.15, -0.1) is 0 Å². The van der Waals surface area contributed by atoms with Crippen LogP contribution < -0.4 is 4.74 Å². The van der Waals surface area contributed by atoms with E-state index in [2.05, 4.69) is 31.2 Å². The van der Waals surface area contributed by atoms with E-state index in [1.165, 1.54) is 18.1 Å². The first-order valence-corrected chi connectivity index (χ1v) is 7.88. The van der Waals surface area contributed by atoms with Crippen molar-refractivity contribution in [1.29, 1.82) is 0 Å². The molecule has 0 radical (unpaired) electrons. The second-order valence-corrected chi connectivity index (χ2v) is 5.81. The van der Waals surface area contributed by atoms with Crippen molar-refractivity contribution in [3.8, 4) is 5.75 Å². The maximum absolute atomic E-state index is 11.5. The lowest BCUT2D eigenvalue weighted by Gasteiger charge is -2.14. The van der Waals surface area contributed by atoms with Crippen LogP contribution >= 0.6 is 0 Å². The normalized spacial score (nSPS) is 12.0. The van der Waals surface area contributed by atoms with Crippen molar-refractivity contribution >= 4 is 16.7 Å². The summed E-state index contributed by atoms with van der Waals surface area (Å²) in [7, 11) is 3.07. The molecule has 1 unspecified atom stereocenters. The van der Waals surface area contributed by atoms with Crippen LogP contribution in [-0.4, -0.2) is 20.2 Å². The molecular formula is C21H20O3. The lowest BCUT2D eigenvalue weighted by atomic mass is 9.91. The Morgan fingerprint density at radius 3 is 2.12 bits per heavy atom. The van der Waals surface area contributed by atoms with Crippen LogP contribution in [0.1, 0.15) is 34.3 Å². The molecule has 0 saturated heterocycles. The van der Waals surface area contributed by atoms with Crippen LogP contribution in [0.4, 0.5) is 0 Å². The van der Waals surface area contributed by atoms with Gasteiger partial charge in [0.1, 0.15) is 5.75 Å². The quantitative estimate of drug-likeness (QED) is 0.649. The number of methoxy groups -OCH3 is 2. The predicted octanol–water partition coefficient (Wildman–Crippen LogP) is 4.79. The van der Waals surface area contributed by atoms with Crippen molar-refractivity contribution in [2.24, 2.45) is 0 Å². The van der Waals surface area contributed by atoms with Gasteiger partial charge in [0.15, 0.2) is 0 Å². The van der Waals surface area contributed by atoms with Crippen molar-refractivity contribution in [1.82, 2.24) is 0 Å². The lowest BCUT2D eigenvalue weighted by molar-refractivity contribution is 0.0600. The van der Waals surface area contributed by atoms with Crippen molar-refractivity contribution in [3.63, 3.8) is 0 Å². The van der Waals surface area contributed by atoms with Gasteiger partial charge in [0.2, 0.25) is 0 Å². The van der Waals surface area contributed by atoms with E-state index in [0.29, 0.717) is 5.56 Å². The molecule has 3 heteroatoms. The summed E-state index contributed by atoms with van der Waals surface area (Å²) in [5, 5.41) is 2.35. The van der Waals surface area contributed by atoms with Gasteiger partial charge in [-0.3, -0.25) is 0 Å². The van der Waals surface area contributed by atoms with Gasteiger partial charge in [0.05, 0.1) is 19.8 Å². The zero-order valence-electron chi connectivity index (χ0n) is 14.1. The first kappa shape index (κ1) is 16.1. The summed E-state index contributed by atoms with van der Waals surface area (Å²) in [6.07, 6.45) is 0. The Balaban J connectivity index is 1.90. The fourth-order valence-corrected chi connectivity index (χ4v) is 2.86. The maximum Gasteiger partial charge on any atom is 0.337 e. The molecular weight excluding hydrogens is 300 g/mol. The molecule has 24 heavy (non-hydrogen) atoms. The average Bonchev–Trinajstić information content (AvgIpc) is 2.66. The Bertz CT molecular complexity index is 866. The molecule has 0 amide bonds. The second-order valence-electron chi connectivity index (χ2n) is 5.81. The van der Waals surface area contributed by atoms with Crippen molar-refractivity contribution < 1.29 is 14.3 Å².